The molecule has 2 aromatic carbocycles. The summed E-state index contributed by atoms with van der Waals surface area (Å²) in [6, 6.07) is 11.9. The first-order valence-corrected chi connectivity index (χ1v) is 8.03. The third kappa shape index (κ3) is 4.87. The Morgan fingerprint density at radius 3 is 2.67 bits per heavy atom. The molecule has 0 radical (unpaired) electrons. The molecule has 1 atom stereocenters. The largest absolute Gasteiger partial charge is 0.497 e. The van der Waals surface area contributed by atoms with Crippen molar-refractivity contribution in [3.05, 3.63) is 52.5 Å². The number of aliphatic hydroxyl groups excluding tert-OH is 1. The van der Waals surface area contributed by atoms with E-state index in [1.54, 1.807) is 37.4 Å². The van der Waals surface area contributed by atoms with Gasteiger partial charge < -0.3 is 25.2 Å². The van der Waals surface area contributed by atoms with Crippen molar-refractivity contribution in [2.45, 2.75) is 6.10 Å². The molecule has 1 unspecified atom stereocenters. The maximum atomic E-state index is 11.9. The summed E-state index contributed by atoms with van der Waals surface area (Å²) in [5.41, 5.74) is 1.19. The molecule has 0 aromatic heterocycles. The third-order valence-corrected chi connectivity index (χ3v) is 3.83. The first kappa shape index (κ1) is 18.1. The number of carbonyl (C=O) groups is 1. The summed E-state index contributed by atoms with van der Waals surface area (Å²) in [7, 11) is 3.06. The minimum atomic E-state index is -0.927. The second kappa shape index (κ2) is 8.56. The molecular weight excluding hydrogens is 376 g/mol. The van der Waals surface area contributed by atoms with Gasteiger partial charge in [-0.15, -0.1) is 0 Å². The molecule has 0 bridgehead atoms. The summed E-state index contributed by atoms with van der Waals surface area (Å²) in [4.78, 5) is 11.9. The lowest BCUT2D eigenvalue weighted by molar-refractivity contribution is 0.170. The molecule has 0 saturated heterocycles. The Kier molecular flexibility index (Phi) is 6.45. The molecule has 0 aliphatic heterocycles. The van der Waals surface area contributed by atoms with Crippen molar-refractivity contribution >= 4 is 27.6 Å². The summed E-state index contributed by atoms with van der Waals surface area (Å²) in [6.45, 7) is 0.0311. The quantitative estimate of drug-likeness (QED) is 0.701. The van der Waals surface area contributed by atoms with Gasteiger partial charge in [-0.1, -0.05) is 22.0 Å². The first-order chi connectivity index (χ1) is 11.5. The zero-order valence-electron chi connectivity index (χ0n) is 13.4. The maximum absolute atomic E-state index is 11.9. The van der Waals surface area contributed by atoms with E-state index in [1.807, 2.05) is 12.1 Å². The predicted molar refractivity (Wildman–Crippen MR) is 95.7 cm³/mol. The van der Waals surface area contributed by atoms with Gasteiger partial charge in [0, 0.05) is 22.3 Å². The molecule has 2 rings (SSSR count). The molecule has 0 saturated carbocycles. The lowest BCUT2D eigenvalue weighted by atomic mass is 10.1. The van der Waals surface area contributed by atoms with Crippen molar-refractivity contribution in [3.8, 4) is 11.5 Å². The number of hydrogen-bond donors (Lipinski definition) is 3. The van der Waals surface area contributed by atoms with Crippen LogP contribution in [0.3, 0.4) is 0 Å². The number of halogens is 1. The minimum absolute atomic E-state index is 0.0311. The van der Waals surface area contributed by atoms with Gasteiger partial charge in [0.05, 0.1) is 14.2 Å². The molecule has 7 heteroatoms. The SMILES string of the molecule is COc1ccc(OC)c(C(O)CNC(=O)Nc2cccc(Br)c2)c1. The Balaban J connectivity index is 1.97. The maximum Gasteiger partial charge on any atom is 0.319 e. The topological polar surface area (TPSA) is 79.8 Å². The number of hydrogen-bond acceptors (Lipinski definition) is 4. The van der Waals surface area contributed by atoms with Crippen LogP contribution in [0.4, 0.5) is 10.5 Å². The third-order valence-electron chi connectivity index (χ3n) is 3.33. The van der Waals surface area contributed by atoms with Crippen LogP contribution in [0.5, 0.6) is 11.5 Å². The van der Waals surface area contributed by atoms with Crippen LogP contribution in [-0.2, 0) is 0 Å². The van der Waals surface area contributed by atoms with Crippen LogP contribution < -0.4 is 20.1 Å². The van der Waals surface area contributed by atoms with Crippen LogP contribution in [0, 0.1) is 0 Å². The number of benzene rings is 2. The van der Waals surface area contributed by atoms with Crippen LogP contribution in [0.2, 0.25) is 0 Å². The molecule has 24 heavy (non-hydrogen) atoms. The zero-order chi connectivity index (χ0) is 17.5. The fraction of sp³-hybridized carbons (Fsp3) is 0.235. The van der Waals surface area contributed by atoms with Gasteiger partial charge in [0.25, 0.3) is 0 Å². The smallest absolute Gasteiger partial charge is 0.319 e. The van der Waals surface area contributed by atoms with Gasteiger partial charge in [0.2, 0.25) is 0 Å². The van der Waals surface area contributed by atoms with E-state index in [0.29, 0.717) is 22.7 Å². The molecule has 0 spiro atoms. The van der Waals surface area contributed by atoms with Crippen LogP contribution >= 0.6 is 15.9 Å². The number of methoxy groups -OCH3 is 2. The highest BCUT2D eigenvalue weighted by molar-refractivity contribution is 9.10. The van der Waals surface area contributed by atoms with Crippen molar-refractivity contribution in [1.29, 1.82) is 0 Å². The van der Waals surface area contributed by atoms with Crippen molar-refractivity contribution < 1.29 is 19.4 Å². The molecular formula is C17H19BrN2O4. The molecule has 0 fully saturated rings. The first-order valence-electron chi connectivity index (χ1n) is 7.24. The van der Waals surface area contributed by atoms with Crippen LogP contribution in [0.15, 0.2) is 46.9 Å². The second-order valence-electron chi connectivity index (χ2n) is 4.97. The van der Waals surface area contributed by atoms with Crippen molar-refractivity contribution in [2.24, 2.45) is 0 Å². The van der Waals surface area contributed by atoms with Crippen molar-refractivity contribution in [3.63, 3.8) is 0 Å². The van der Waals surface area contributed by atoms with E-state index in [1.165, 1.54) is 7.11 Å². The Bertz CT molecular complexity index is 709. The van der Waals surface area contributed by atoms with E-state index in [4.69, 9.17) is 9.47 Å². The van der Waals surface area contributed by atoms with Gasteiger partial charge in [-0.05, 0) is 36.4 Å². The minimum Gasteiger partial charge on any atom is -0.497 e. The van der Waals surface area contributed by atoms with Crippen molar-refractivity contribution in [1.82, 2.24) is 5.32 Å². The summed E-state index contributed by atoms with van der Waals surface area (Å²) in [5, 5.41) is 15.6. The summed E-state index contributed by atoms with van der Waals surface area (Å²) in [5.74, 6) is 1.13. The van der Waals surface area contributed by atoms with Gasteiger partial charge in [0.1, 0.15) is 17.6 Å². The average Bonchev–Trinajstić information content (AvgIpc) is 2.59. The number of nitrogens with one attached hydrogen (secondary N) is 2. The fourth-order valence-electron chi connectivity index (χ4n) is 2.14. The van der Waals surface area contributed by atoms with E-state index in [0.717, 1.165) is 4.47 Å². The van der Waals surface area contributed by atoms with Gasteiger partial charge in [0.15, 0.2) is 0 Å². The number of rotatable bonds is 6. The highest BCUT2D eigenvalue weighted by Crippen LogP contribution is 2.29. The van der Waals surface area contributed by atoms with Crippen LogP contribution in [0.25, 0.3) is 0 Å². The number of anilines is 1. The fourth-order valence-corrected chi connectivity index (χ4v) is 2.54. The molecule has 2 aromatic rings. The van der Waals surface area contributed by atoms with Crippen LogP contribution in [-0.4, -0.2) is 31.9 Å². The number of aliphatic hydroxyl groups is 1. The average molecular weight is 395 g/mol. The molecule has 3 N–H and O–H groups in total. The van der Waals surface area contributed by atoms with E-state index >= 15 is 0 Å². The summed E-state index contributed by atoms with van der Waals surface area (Å²) >= 11 is 3.34. The molecule has 0 heterocycles. The summed E-state index contributed by atoms with van der Waals surface area (Å²) < 4.78 is 11.2. The van der Waals surface area contributed by atoms with Gasteiger partial charge in [-0.25, -0.2) is 4.79 Å². The molecule has 128 valence electrons. The molecule has 0 aliphatic rings. The van der Waals surface area contributed by atoms with E-state index in [9.17, 15) is 9.90 Å². The molecule has 0 aliphatic carbocycles. The van der Waals surface area contributed by atoms with Gasteiger partial charge in [-0.3, -0.25) is 0 Å². The molecule has 2 amide bonds. The van der Waals surface area contributed by atoms with Crippen LogP contribution in [0.1, 0.15) is 11.7 Å². The lowest BCUT2D eigenvalue weighted by Gasteiger charge is -2.17. The highest BCUT2D eigenvalue weighted by atomic mass is 79.9. The predicted octanol–water partition coefficient (Wildman–Crippen LogP) is 3.32. The number of ether oxygens (including phenoxy) is 2. The number of urea groups is 1. The lowest BCUT2D eigenvalue weighted by Crippen LogP contribution is -2.32. The van der Waals surface area contributed by atoms with E-state index in [2.05, 4.69) is 26.6 Å². The second-order valence-corrected chi connectivity index (χ2v) is 5.88. The normalized spacial score (nSPS) is 11.5. The van der Waals surface area contributed by atoms with Crippen molar-refractivity contribution in [2.75, 3.05) is 26.1 Å². The van der Waals surface area contributed by atoms with E-state index < -0.39 is 12.1 Å². The van der Waals surface area contributed by atoms with Gasteiger partial charge in [-0.2, -0.15) is 0 Å². The molecule has 6 nitrogen and oxygen atoms in total. The number of amides is 2. The monoisotopic (exact) mass is 394 g/mol. The zero-order valence-corrected chi connectivity index (χ0v) is 15.0. The standard InChI is InChI=1S/C17H19BrN2O4/c1-23-13-6-7-16(24-2)14(9-13)15(21)10-19-17(22)20-12-5-3-4-11(18)8-12/h3-9,15,21H,10H2,1-2H3,(H2,19,20,22). The van der Waals surface area contributed by atoms with Gasteiger partial charge >= 0.3 is 6.03 Å². The summed E-state index contributed by atoms with van der Waals surface area (Å²) in [6.07, 6.45) is -0.927. The highest BCUT2D eigenvalue weighted by Gasteiger charge is 2.15. The van der Waals surface area contributed by atoms with E-state index in [-0.39, 0.29) is 6.54 Å². The Hall–Kier alpha value is -2.25. The number of carbonyl (C=O) groups excluding carboxylic acids is 1. The Labute approximate surface area is 148 Å². The Morgan fingerprint density at radius 1 is 1.21 bits per heavy atom. The Morgan fingerprint density at radius 2 is 2.00 bits per heavy atom.